The third kappa shape index (κ3) is 2.92. The van der Waals surface area contributed by atoms with E-state index in [2.05, 4.69) is 0 Å². The van der Waals surface area contributed by atoms with Crippen LogP contribution in [0.5, 0.6) is 0 Å². The zero-order valence-electron chi connectivity index (χ0n) is 15.8. The van der Waals surface area contributed by atoms with E-state index in [0.717, 1.165) is 22.6 Å². The summed E-state index contributed by atoms with van der Waals surface area (Å²) < 4.78 is 5.59. The van der Waals surface area contributed by atoms with Crippen LogP contribution in [-0.2, 0) is 20.7 Å². The van der Waals surface area contributed by atoms with Crippen LogP contribution >= 0.6 is 11.8 Å². The molecule has 1 saturated heterocycles. The molecule has 0 N–H and O–H groups in total. The molecule has 2 aromatic carbocycles. The van der Waals surface area contributed by atoms with Gasteiger partial charge in [-0.25, -0.2) is 4.79 Å². The third-order valence-corrected chi connectivity index (χ3v) is 6.75. The first-order valence-corrected chi connectivity index (χ1v) is 10.2. The molecule has 2 atom stereocenters. The average Bonchev–Trinajstić information content (AvgIpc) is 3.23. The van der Waals surface area contributed by atoms with Gasteiger partial charge in [0.05, 0.1) is 5.69 Å². The van der Waals surface area contributed by atoms with Gasteiger partial charge in [-0.2, -0.15) is 0 Å². The highest BCUT2D eigenvalue weighted by molar-refractivity contribution is 8.02. The Kier molecular flexibility index (Phi) is 4.75. The van der Waals surface area contributed by atoms with Gasteiger partial charge in [0.2, 0.25) is 11.7 Å². The maximum absolute atomic E-state index is 13.1. The summed E-state index contributed by atoms with van der Waals surface area (Å²) in [4.78, 5) is 39.6. The third-order valence-electron chi connectivity index (χ3n) is 5.29. The largest absolute Gasteiger partial charge is 0.452 e. The molecule has 0 saturated carbocycles. The van der Waals surface area contributed by atoms with Crippen LogP contribution in [0.15, 0.2) is 53.4 Å². The van der Waals surface area contributed by atoms with E-state index in [1.165, 1.54) is 11.8 Å². The van der Waals surface area contributed by atoms with Crippen molar-refractivity contribution in [3.63, 3.8) is 0 Å². The molecular formula is C22H21NO4S. The van der Waals surface area contributed by atoms with Gasteiger partial charge < -0.3 is 4.74 Å². The fourth-order valence-corrected chi connectivity index (χ4v) is 5.12. The van der Waals surface area contributed by atoms with Crippen molar-refractivity contribution in [3.8, 4) is 0 Å². The molecule has 0 bridgehead atoms. The number of para-hydroxylation sites is 1. The number of rotatable bonds is 5. The van der Waals surface area contributed by atoms with Crippen LogP contribution < -0.4 is 4.90 Å². The molecule has 6 heteroatoms. The highest BCUT2D eigenvalue weighted by atomic mass is 32.2. The quantitative estimate of drug-likeness (QED) is 0.566. The van der Waals surface area contributed by atoms with Crippen molar-refractivity contribution in [2.75, 3.05) is 4.90 Å². The molecule has 0 spiro atoms. The van der Waals surface area contributed by atoms with Crippen LogP contribution in [-0.4, -0.2) is 28.6 Å². The molecule has 144 valence electrons. The molecule has 5 nitrogen and oxygen atoms in total. The van der Waals surface area contributed by atoms with Gasteiger partial charge in [-0.15, -0.1) is 0 Å². The lowest BCUT2D eigenvalue weighted by Gasteiger charge is -2.29. The van der Waals surface area contributed by atoms with Crippen molar-refractivity contribution in [2.45, 2.75) is 49.0 Å². The maximum Gasteiger partial charge on any atom is 0.344 e. The van der Waals surface area contributed by atoms with Gasteiger partial charge in [-0.3, -0.25) is 14.5 Å². The first-order chi connectivity index (χ1) is 13.5. The van der Waals surface area contributed by atoms with Gasteiger partial charge >= 0.3 is 5.97 Å². The maximum atomic E-state index is 13.1. The minimum Gasteiger partial charge on any atom is -0.452 e. The van der Waals surface area contributed by atoms with Crippen molar-refractivity contribution in [3.05, 3.63) is 59.7 Å². The fraction of sp³-hybridized carbons (Fsp3) is 0.318. The molecule has 0 radical (unpaired) electrons. The second-order valence-corrected chi connectivity index (χ2v) is 8.36. The number of ketones is 1. The van der Waals surface area contributed by atoms with Crippen molar-refractivity contribution in [1.29, 1.82) is 0 Å². The number of anilines is 1. The van der Waals surface area contributed by atoms with Crippen LogP contribution in [0.3, 0.4) is 0 Å². The Morgan fingerprint density at radius 1 is 1.18 bits per heavy atom. The molecule has 0 unspecified atom stereocenters. The fourth-order valence-electron chi connectivity index (χ4n) is 3.72. The van der Waals surface area contributed by atoms with Gasteiger partial charge in [0.25, 0.3) is 0 Å². The number of thioether (sulfide) groups is 1. The summed E-state index contributed by atoms with van der Waals surface area (Å²) in [7, 11) is 0. The summed E-state index contributed by atoms with van der Waals surface area (Å²) in [6.07, 6.45) is 0.632. The summed E-state index contributed by atoms with van der Waals surface area (Å²) in [6, 6.07) is 14.8. The number of benzene rings is 2. The van der Waals surface area contributed by atoms with Gasteiger partial charge in [0.1, 0.15) is 0 Å². The predicted molar refractivity (Wildman–Crippen MR) is 107 cm³/mol. The number of carbonyl (C=O) groups excluding carboxylic acids is 3. The Bertz CT molecular complexity index is 955. The Morgan fingerprint density at radius 2 is 1.89 bits per heavy atom. The molecule has 4 rings (SSSR count). The molecule has 2 heterocycles. The zero-order valence-corrected chi connectivity index (χ0v) is 16.6. The lowest BCUT2D eigenvalue weighted by Crippen LogP contribution is -2.49. The number of aryl methyl sites for hydroxylation is 1. The van der Waals surface area contributed by atoms with Gasteiger partial charge in [0, 0.05) is 23.3 Å². The van der Waals surface area contributed by atoms with Crippen molar-refractivity contribution >= 4 is 35.1 Å². The number of hydrogen-bond acceptors (Lipinski definition) is 5. The summed E-state index contributed by atoms with van der Waals surface area (Å²) in [6.45, 7) is 3.63. The van der Waals surface area contributed by atoms with Crippen molar-refractivity contribution in [2.24, 2.45) is 0 Å². The van der Waals surface area contributed by atoms with Crippen LogP contribution in [0, 0.1) is 0 Å². The lowest BCUT2D eigenvalue weighted by atomic mass is 10.0. The van der Waals surface area contributed by atoms with E-state index in [0.29, 0.717) is 12.0 Å². The normalized spacial score (nSPS) is 21.2. The standard InChI is InChI=1S/C22H21NO4S/c1-3-15-8-10-16(11-9-15)20(25)14(2)27-21(26)22-13-12-19(24)23(22)17-6-4-5-7-18(17)28-22/h4-11,14H,3,12-13H2,1-2H3/t14-,22-/m1/s1. The number of carbonyl (C=O) groups is 3. The Labute approximate surface area is 168 Å². The summed E-state index contributed by atoms with van der Waals surface area (Å²) in [5.74, 6) is -0.877. The minimum atomic E-state index is -1.11. The minimum absolute atomic E-state index is 0.0940. The van der Waals surface area contributed by atoms with E-state index in [9.17, 15) is 14.4 Å². The molecule has 1 fully saturated rings. The van der Waals surface area contributed by atoms with Gasteiger partial charge in [-0.05, 0) is 31.0 Å². The smallest absolute Gasteiger partial charge is 0.344 e. The Hall–Kier alpha value is -2.60. The number of Topliss-reactive ketones (excluding diaryl/α,β-unsaturated/α-hetero) is 1. The van der Waals surface area contributed by atoms with Crippen LogP contribution in [0.4, 0.5) is 5.69 Å². The molecule has 0 aromatic heterocycles. The first kappa shape index (κ1) is 18.7. The van der Waals surface area contributed by atoms with Crippen molar-refractivity contribution in [1.82, 2.24) is 0 Å². The summed E-state index contributed by atoms with van der Waals surface area (Å²) >= 11 is 1.34. The van der Waals surface area contributed by atoms with E-state index < -0.39 is 16.9 Å². The van der Waals surface area contributed by atoms with Crippen molar-refractivity contribution < 1.29 is 19.1 Å². The van der Waals surface area contributed by atoms with E-state index in [1.807, 2.05) is 43.3 Å². The van der Waals surface area contributed by atoms with Crippen LogP contribution in [0.25, 0.3) is 0 Å². The Balaban J connectivity index is 1.54. The van der Waals surface area contributed by atoms with E-state index >= 15 is 0 Å². The van der Waals surface area contributed by atoms with E-state index in [1.54, 1.807) is 24.0 Å². The molecule has 0 aliphatic carbocycles. The van der Waals surface area contributed by atoms with E-state index in [4.69, 9.17) is 4.74 Å². The number of esters is 1. The molecule has 1 amide bonds. The molecule has 2 aromatic rings. The topological polar surface area (TPSA) is 63.7 Å². The highest BCUT2D eigenvalue weighted by Crippen LogP contribution is 2.56. The molecular weight excluding hydrogens is 374 g/mol. The summed E-state index contributed by atoms with van der Waals surface area (Å²) in [5, 5.41) is 0. The SMILES string of the molecule is CCc1ccc(C(=O)[C@@H](C)OC(=O)[C@]23CCC(=O)N2c2ccccc2S3)cc1. The Morgan fingerprint density at radius 3 is 2.61 bits per heavy atom. The molecule has 2 aliphatic heterocycles. The first-order valence-electron chi connectivity index (χ1n) is 9.41. The molecule has 28 heavy (non-hydrogen) atoms. The van der Waals surface area contributed by atoms with Crippen LogP contribution in [0.2, 0.25) is 0 Å². The second-order valence-electron chi connectivity index (χ2n) is 7.05. The predicted octanol–water partition coefficient (Wildman–Crippen LogP) is 3.99. The number of hydrogen-bond donors (Lipinski definition) is 0. The monoisotopic (exact) mass is 395 g/mol. The number of nitrogens with zero attached hydrogens (tertiary/aromatic N) is 1. The summed E-state index contributed by atoms with van der Waals surface area (Å²) in [5.41, 5.74) is 2.39. The molecule has 2 aliphatic rings. The number of ether oxygens (including phenoxy) is 1. The lowest BCUT2D eigenvalue weighted by molar-refractivity contribution is -0.149. The zero-order chi connectivity index (χ0) is 19.9. The van der Waals surface area contributed by atoms with Crippen LogP contribution in [0.1, 0.15) is 42.6 Å². The number of amides is 1. The second kappa shape index (κ2) is 7.09. The van der Waals surface area contributed by atoms with Gasteiger partial charge in [-0.1, -0.05) is 55.1 Å². The van der Waals surface area contributed by atoms with E-state index in [-0.39, 0.29) is 18.1 Å². The highest BCUT2D eigenvalue weighted by Gasteiger charge is 2.58. The average molecular weight is 395 g/mol. The van der Waals surface area contributed by atoms with Gasteiger partial charge in [0.15, 0.2) is 11.0 Å². The number of fused-ring (bicyclic) bond motifs is 3.